The highest BCUT2D eigenvalue weighted by atomic mass is 79.9. The summed E-state index contributed by atoms with van der Waals surface area (Å²) in [6, 6.07) is 2.85. The number of nitrogens with two attached hydrogens (primary N) is 1. The van der Waals surface area contributed by atoms with Crippen LogP contribution in [0.2, 0.25) is 5.02 Å². The Bertz CT molecular complexity index is 472. The Kier molecular flexibility index (Phi) is 6.51. The number of rotatable bonds is 5. The molecule has 21 heavy (non-hydrogen) atoms. The van der Waals surface area contributed by atoms with E-state index >= 15 is 0 Å². The number of halogens is 3. The lowest BCUT2D eigenvalue weighted by atomic mass is 9.75. The first kappa shape index (κ1) is 17.2. The van der Waals surface area contributed by atoms with Crippen LogP contribution in [0.25, 0.3) is 0 Å². The molecule has 0 aliphatic heterocycles. The third-order valence-corrected chi connectivity index (χ3v) is 5.96. The van der Waals surface area contributed by atoms with Gasteiger partial charge >= 0.3 is 0 Å². The van der Waals surface area contributed by atoms with Gasteiger partial charge in [-0.25, -0.2) is 4.39 Å². The summed E-state index contributed by atoms with van der Waals surface area (Å²) in [5, 5.41) is 0.526. The summed E-state index contributed by atoms with van der Waals surface area (Å²) < 4.78 is 14.7. The van der Waals surface area contributed by atoms with E-state index in [-0.39, 0.29) is 11.9 Å². The van der Waals surface area contributed by atoms with Gasteiger partial charge < -0.3 is 5.73 Å². The van der Waals surface area contributed by atoms with Crippen LogP contribution < -0.4 is 5.73 Å². The summed E-state index contributed by atoms with van der Waals surface area (Å²) in [7, 11) is 0. The minimum Gasteiger partial charge on any atom is -0.324 e. The maximum absolute atomic E-state index is 14.1. The molecule has 0 saturated heterocycles. The molecule has 1 aromatic carbocycles. The number of hydrogen-bond acceptors (Lipinski definition) is 1. The molecule has 0 amide bonds. The summed E-state index contributed by atoms with van der Waals surface area (Å²) in [6.45, 7) is 2.24. The largest absolute Gasteiger partial charge is 0.324 e. The van der Waals surface area contributed by atoms with E-state index in [4.69, 9.17) is 17.3 Å². The Morgan fingerprint density at radius 1 is 1.33 bits per heavy atom. The molecule has 4 heteroatoms. The maximum atomic E-state index is 14.1. The molecule has 2 rings (SSSR count). The number of benzene rings is 1. The third-order valence-electron chi connectivity index (χ3n) is 4.76. The highest BCUT2D eigenvalue weighted by molar-refractivity contribution is 9.10. The smallest absolute Gasteiger partial charge is 0.129 e. The van der Waals surface area contributed by atoms with E-state index in [1.165, 1.54) is 38.2 Å². The first-order chi connectivity index (χ1) is 10.0. The van der Waals surface area contributed by atoms with Gasteiger partial charge in [-0.15, -0.1) is 0 Å². The topological polar surface area (TPSA) is 26.0 Å². The van der Waals surface area contributed by atoms with Crippen LogP contribution in [0.3, 0.4) is 0 Å². The van der Waals surface area contributed by atoms with E-state index in [0.29, 0.717) is 21.0 Å². The van der Waals surface area contributed by atoms with Crippen LogP contribution in [-0.2, 0) is 0 Å². The summed E-state index contributed by atoms with van der Waals surface area (Å²) in [5.74, 6) is 0.952. The van der Waals surface area contributed by atoms with Crippen LogP contribution in [0.1, 0.15) is 63.5 Å². The molecule has 0 bridgehead atoms. The molecule has 1 aliphatic carbocycles. The highest BCUT2D eigenvalue weighted by Crippen LogP contribution is 2.39. The molecule has 118 valence electrons. The van der Waals surface area contributed by atoms with Gasteiger partial charge in [0.25, 0.3) is 0 Å². The lowest BCUT2D eigenvalue weighted by molar-refractivity contribution is 0.230. The van der Waals surface area contributed by atoms with Crippen molar-refractivity contribution in [3.8, 4) is 0 Å². The molecule has 1 unspecified atom stereocenters. The lowest BCUT2D eigenvalue weighted by Crippen LogP contribution is -2.27. The quantitative estimate of drug-likeness (QED) is 0.605. The summed E-state index contributed by atoms with van der Waals surface area (Å²) in [4.78, 5) is 0. The first-order valence-corrected chi connectivity index (χ1v) is 9.10. The fraction of sp³-hybridized carbons (Fsp3) is 0.647. The molecule has 0 heterocycles. The molecule has 0 spiro atoms. The second-order valence-electron chi connectivity index (χ2n) is 6.24. The Morgan fingerprint density at radius 2 is 2.00 bits per heavy atom. The molecule has 1 aliphatic rings. The van der Waals surface area contributed by atoms with Crippen molar-refractivity contribution in [3.63, 3.8) is 0 Å². The molecule has 0 aromatic heterocycles. The molecular formula is C17H24BrClFN. The van der Waals surface area contributed by atoms with Crippen LogP contribution in [0.4, 0.5) is 4.39 Å². The van der Waals surface area contributed by atoms with Crippen molar-refractivity contribution >= 4 is 27.5 Å². The number of hydrogen-bond donors (Lipinski definition) is 1. The van der Waals surface area contributed by atoms with Crippen molar-refractivity contribution in [2.24, 2.45) is 17.6 Å². The van der Waals surface area contributed by atoms with E-state index in [9.17, 15) is 4.39 Å². The van der Waals surface area contributed by atoms with Crippen LogP contribution in [0.5, 0.6) is 0 Å². The predicted octanol–water partition coefficient (Wildman–Crippen LogP) is 6.24. The van der Waals surface area contributed by atoms with Crippen LogP contribution in [0.15, 0.2) is 16.6 Å². The standard InChI is InChI=1S/C17H24BrClFN/c1-2-3-4-11-5-7-12(8-6-11)17(21)13-9-15(19)14(18)10-16(13)20/h9-12,17H,2-8,21H2,1H3. The average Bonchev–Trinajstić information content (AvgIpc) is 2.48. The van der Waals surface area contributed by atoms with Crippen molar-refractivity contribution < 1.29 is 4.39 Å². The average molecular weight is 377 g/mol. The molecular weight excluding hydrogens is 353 g/mol. The fourth-order valence-corrected chi connectivity index (χ4v) is 3.86. The van der Waals surface area contributed by atoms with Crippen molar-refractivity contribution in [1.82, 2.24) is 0 Å². The van der Waals surface area contributed by atoms with E-state index in [1.54, 1.807) is 6.07 Å². The van der Waals surface area contributed by atoms with Crippen LogP contribution in [0, 0.1) is 17.7 Å². The van der Waals surface area contributed by atoms with E-state index in [2.05, 4.69) is 22.9 Å². The van der Waals surface area contributed by atoms with Crippen molar-refractivity contribution in [3.05, 3.63) is 33.0 Å². The zero-order valence-corrected chi connectivity index (χ0v) is 14.9. The van der Waals surface area contributed by atoms with E-state index in [1.807, 2.05) is 0 Å². The van der Waals surface area contributed by atoms with Crippen LogP contribution in [-0.4, -0.2) is 0 Å². The van der Waals surface area contributed by atoms with Crippen LogP contribution >= 0.6 is 27.5 Å². The Balaban J connectivity index is 1.99. The third kappa shape index (κ3) is 4.43. The van der Waals surface area contributed by atoms with Gasteiger partial charge in [0.15, 0.2) is 0 Å². The molecule has 0 radical (unpaired) electrons. The Morgan fingerprint density at radius 3 is 2.62 bits per heavy atom. The molecule has 1 nitrogen and oxygen atoms in total. The zero-order chi connectivity index (χ0) is 15.4. The van der Waals surface area contributed by atoms with Crippen molar-refractivity contribution in [1.29, 1.82) is 0 Å². The van der Waals surface area contributed by atoms with Gasteiger partial charge in [0.05, 0.1) is 5.02 Å². The Labute approximate surface area is 140 Å². The SMILES string of the molecule is CCCCC1CCC(C(N)c2cc(Cl)c(Br)cc2F)CC1. The molecule has 1 atom stereocenters. The highest BCUT2D eigenvalue weighted by Gasteiger charge is 2.28. The minimum atomic E-state index is -0.258. The normalized spacial score (nSPS) is 24.0. The monoisotopic (exact) mass is 375 g/mol. The fourth-order valence-electron chi connectivity index (χ4n) is 3.38. The van der Waals surface area contributed by atoms with Gasteiger partial charge in [0, 0.05) is 16.1 Å². The zero-order valence-electron chi connectivity index (χ0n) is 12.5. The second kappa shape index (κ2) is 7.94. The van der Waals surface area contributed by atoms with Crippen molar-refractivity contribution in [2.45, 2.75) is 57.9 Å². The van der Waals surface area contributed by atoms with Crippen molar-refractivity contribution in [2.75, 3.05) is 0 Å². The molecule has 2 N–H and O–H groups in total. The van der Waals surface area contributed by atoms with Gasteiger partial charge in [0.1, 0.15) is 5.82 Å². The summed E-state index contributed by atoms with van der Waals surface area (Å²) in [5.41, 5.74) is 6.88. The second-order valence-corrected chi connectivity index (χ2v) is 7.50. The van der Waals surface area contributed by atoms with E-state index < -0.39 is 0 Å². The molecule has 1 aromatic rings. The Hall–Kier alpha value is -0.120. The maximum Gasteiger partial charge on any atom is 0.129 e. The lowest BCUT2D eigenvalue weighted by Gasteiger charge is -2.32. The number of unbranched alkanes of at least 4 members (excludes halogenated alkanes) is 1. The van der Waals surface area contributed by atoms with Gasteiger partial charge in [-0.3, -0.25) is 0 Å². The van der Waals surface area contributed by atoms with Gasteiger partial charge in [0.2, 0.25) is 0 Å². The molecule has 1 fully saturated rings. The van der Waals surface area contributed by atoms with Gasteiger partial charge in [-0.1, -0.05) is 50.6 Å². The van der Waals surface area contributed by atoms with Gasteiger partial charge in [-0.2, -0.15) is 0 Å². The first-order valence-electron chi connectivity index (χ1n) is 7.93. The summed E-state index contributed by atoms with van der Waals surface area (Å²) in [6.07, 6.45) is 8.57. The summed E-state index contributed by atoms with van der Waals surface area (Å²) >= 11 is 9.32. The van der Waals surface area contributed by atoms with Gasteiger partial charge in [-0.05, 0) is 52.7 Å². The predicted molar refractivity (Wildman–Crippen MR) is 91.0 cm³/mol. The minimum absolute atomic E-state index is 0.247. The molecule has 1 saturated carbocycles. The van der Waals surface area contributed by atoms with E-state index in [0.717, 1.165) is 18.8 Å².